The van der Waals surface area contributed by atoms with Crippen LogP contribution in [0.4, 0.5) is 0 Å². The summed E-state index contributed by atoms with van der Waals surface area (Å²) < 4.78 is 0. The molecule has 2 atom stereocenters. The van der Waals surface area contributed by atoms with Crippen molar-refractivity contribution in [2.45, 2.75) is 0 Å². The van der Waals surface area contributed by atoms with E-state index in [1.807, 2.05) is 4.90 Å². The number of rotatable bonds is 7. The van der Waals surface area contributed by atoms with E-state index in [4.69, 9.17) is 0 Å². The molecule has 1 saturated heterocycles. The number of aliphatic hydroxyl groups is 1. The van der Waals surface area contributed by atoms with Crippen molar-refractivity contribution < 1.29 is 9.90 Å². The molecule has 1 aliphatic rings. The number of nitrogens with zero attached hydrogens (tertiary/aromatic N) is 4. The molecule has 1 aromatic heterocycles. The molecule has 0 spiro atoms. The monoisotopic (exact) mass is 320 g/mol. The van der Waals surface area contributed by atoms with Gasteiger partial charge in [-0.1, -0.05) is 0 Å². The highest BCUT2D eigenvalue weighted by molar-refractivity contribution is 5.94. The van der Waals surface area contributed by atoms with Gasteiger partial charge in [-0.2, -0.15) is 0 Å². The Hall–Kier alpha value is -1.50. The standard InChI is InChI=1S/C17H28N4O2/c1-19(2)7-8-20(3)10-15-11-21(12-16(15)13-22)17(23)14-5-4-6-18-9-14/h4-6,9,15-16,22H,7-8,10-13H2,1-3H3/t15-,16-/m1/s1. The molecule has 1 aliphatic heterocycles. The fourth-order valence-corrected chi connectivity index (χ4v) is 3.05. The van der Waals surface area contributed by atoms with E-state index in [2.05, 4.69) is 35.9 Å². The van der Waals surface area contributed by atoms with Crippen LogP contribution in [0.5, 0.6) is 0 Å². The number of carbonyl (C=O) groups excluding carboxylic acids is 1. The average molecular weight is 320 g/mol. The van der Waals surface area contributed by atoms with E-state index in [1.54, 1.807) is 24.5 Å². The van der Waals surface area contributed by atoms with Gasteiger partial charge in [-0.25, -0.2) is 0 Å². The highest BCUT2D eigenvalue weighted by atomic mass is 16.3. The number of aromatic nitrogens is 1. The van der Waals surface area contributed by atoms with Gasteiger partial charge < -0.3 is 19.8 Å². The Kier molecular flexibility index (Phi) is 6.50. The van der Waals surface area contributed by atoms with Gasteiger partial charge in [0, 0.05) is 57.6 Å². The second kappa shape index (κ2) is 8.38. The van der Waals surface area contributed by atoms with Gasteiger partial charge in [-0.3, -0.25) is 9.78 Å². The zero-order valence-corrected chi connectivity index (χ0v) is 14.4. The molecule has 0 bridgehead atoms. The fourth-order valence-electron chi connectivity index (χ4n) is 3.05. The largest absolute Gasteiger partial charge is 0.396 e. The summed E-state index contributed by atoms with van der Waals surface area (Å²) in [4.78, 5) is 22.8. The summed E-state index contributed by atoms with van der Waals surface area (Å²) in [5.74, 6) is 0.472. The molecule has 0 saturated carbocycles. The molecule has 0 aromatic carbocycles. The number of amides is 1. The topological polar surface area (TPSA) is 59.9 Å². The van der Waals surface area contributed by atoms with Gasteiger partial charge in [0.25, 0.3) is 5.91 Å². The maximum Gasteiger partial charge on any atom is 0.255 e. The van der Waals surface area contributed by atoms with E-state index in [1.165, 1.54) is 0 Å². The smallest absolute Gasteiger partial charge is 0.255 e. The minimum Gasteiger partial charge on any atom is -0.396 e. The Morgan fingerprint density at radius 3 is 2.65 bits per heavy atom. The first-order valence-electron chi connectivity index (χ1n) is 8.14. The molecule has 0 unspecified atom stereocenters. The Labute approximate surface area is 138 Å². The minimum atomic E-state index is 0.00925. The van der Waals surface area contributed by atoms with E-state index in [0.717, 1.165) is 19.6 Å². The van der Waals surface area contributed by atoms with Crippen LogP contribution in [0.2, 0.25) is 0 Å². The third-order valence-corrected chi connectivity index (χ3v) is 4.48. The van der Waals surface area contributed by atoms with Gasteiger partial charge in [0.1, 0.15) is 0 Å². The summed E-state index contributed by atoms with van der Waals surface area (Å²) in [5, 5.41) is 9.66. The summed E-state index contributed by atoms with van der Waals surface area (Å²) in [7, 11) is 6.23. The van der Waals surface area contributed by atoms with Gasteiger partial charge in [0.15, 0.2) is 0 Å². The van der Waals surface area contributed by atoms with Crippen molar-refractivity contribution in [2.75, 3.05) is 60.5 Å². The molecule has 1 fully saturated rings. The van der Waals surface area contributed by atoms with Crippen LogP contribution in [0.3, 0.4) is 0 Å². The van der Waals surface area contributed by atoms with Crippen molar-refractivity contribution in [1.82, 2.24) is 19.7 Å². The molecule has 1 aromatic rings. The Morgan fingerprint density at radius 1 is 1.30 bits per heavy atom. The lowest BCUT2D eigenvalue weighted by atomic mass is 9.96. The summed E-state index contributed by atoms with van der Waals surface area (Å²) >= 11 is 0. The lowest BCUT2D eigenvalue weighted by molar-refractivity contribution is 0.0779. The SMILES string of the molecule is CN(C)CCN(C)C[C@@H]1CN(C(=O)c2cccnc2)C[C@@H]1CO. The minimum absolute atomic E-state index is 0.00925. The van der Waals surface area contributed by atoms with Crippen molar-refractivity contribution in [3.63, 3.8) is 0 Å². The first-order valence-corrected chi connectivity index (χ1v) is 8.14. The molecule has 6 nitrogen and oxygen atoms in total. The molecule has 2 heterocycles. The second-order valence-corrected chi connectivity index (χ2v) is 6.72. The molecule has 2 rings (SSSR count). The normalized spacial score (nSPS) is 21.4. The molecular formula is C17H28N4O2. The third-order valence-electron chi connectivity index (χ3n) is 4.48. The van der Waals surface area contributed by atoms with Crippen molar-refractivity contribution in [2.24, 2.45) is 11.8 Å². The van der Waals surface area contributed by atoms with Gasteiger partial charge in [0.05, 0.1) is 5.56 Å². The van der Waals surface area contributed by atoms with E-state index in [0.29, 0.717) is 24.6 Å². The van der Waals surface area contributed by atoms with Gasteiger partial charge in [0.2, 0.25) is 0 Å². The van der Waals surface area contributed by atoms with E-state index in [9.17, 15) is 9.90 Å². The van der Waals surface area contributed by atoms with Crippen molar-refractivity contribution in [3.05, 3.63) is 30.1 Å². The molecule has 0 radical (unpaired) electrons. The summed E-state index contributed by atoms with van der Waals surface area (Å²) in [5.41, 5.74) is 0.616. The van der Waals surface area contributed by atoms with Crippen LogP contribution in [0.1, 0.15) is 10.4 Å². The lowest BCUT2D eigenvalue weighted by Crippen LogP contribution is -2.35. The summed E-state index contributed by atoms with van der Waals surface area (Å²) in [6.45, 7) is 4.34. The highest BCUT2D eigenvalue weighted by Gasteiger charge is 2.35. The summed E-state index contributed by atoms with van der Waals surface area (Å²) in [6, 6.07) is 3.57. The van der Waals surface area contributed by atoms with E-state index < -0.39 is 0 Å². The highest BCUT2D eigenvalue weighted by Crippen LogP contribution is 2.25. The van der Waals surface area contributed by atoms with Crippen LogP contribution in [-0.2, 0) is 0 Å². The number of pyridine rings is 1. The molecule has 1 N–H and O–H groups in total. The number of aliphatic hydroxyl groups excluding tert-OH is 1. The molecule has 23 heavy (non-hydrogen) atoms. The quantitative estimate of drug-likeness (QED) is 0.781. The lowest BCUT2D eigenvalue weighted by Gasteiger charge is -2.25. The second-order valence-electron chi connectivity index (χ2n) is 6.72. The van der Waals surface area contributed by atoms with Crippen LogP contribution >= 0.6 is 0 Å². The number of likely N-dealkylation sites (N-methyl/N-ethyl adjacent to an activating group) is 2. The predicted molar refractivity (Wildman–Crippen MR) is 90.3 cm³/mol. The number of likely N-dealkylation sites (tertiary alicyclic amines) is 1. The van der Waals surface area contributed by atoms with Crippen LogP contribution in [-0.4, -0.2) is 91.2 Å². The van der Waals surface area contributed by atoms with Crippen LogP contribution in [0.15, 0.2) is 24.5 Å². The van der Waals surface area contributed by atoms with E-state index >= 15 is 0 Å². The zero-order valence-electron chi connectivity index (χ0n) is 14.4. The maximum atomic E-state index is 12.5. The predicted octanol–water partition coefficient (Wildman–Crippen LogP) is 0.256. The van der Waals surface area contributed by atoms with Crippen molar-refractivity contribution >= 4 is 5.91 Å². The number of hydrogen-bond donors (Lipinski definition) is 1. The maximum absolute atomic E-state index is 12.5. The van der Waals surface area contributed by atoms with Crippen LogP contribution < -0.4 is 0 Å². The Bertz CT molecular complexity index is 495. The average Bonchev–Trinajstić information content (AvgIpc) is 2.96. The van der Waals surface area contributed by atoms with Gasteiger partial charge in [-0.05, 0) is 39.2 Å². The Morgan fingerprint density at radius 2 is 2.04 bits per heavy atom. The first kappa shape index (κ1) is 17.8. The van der Waals surface area contributed by atoms with Gasteiger partial charge >= 0.3 is 0 Å². The fraction of sp³-hybridized carbons (Fsp3) is 0.647. The van der Waals surface area contributed by atoms with Crippen molar-refractivity contribution in [1.29, 1.82) is 0 Å². The van der Waals surface area contributed by atoms with Crippen molar-refractivity contribution in [3.8, 4) is 0 Å². The third kappa shape index (κ3) is 4.99. The zero-order chi connectivity index (χ0) is 16.8. The molecular weight excluding hydrogens is 292 g/mol. The van der Waals surface area contributed by atoms with Crippen LogP contribution in [0.25, 0.3) is 0 Å². The Balaban J connectivity index is 1.93. The number of hydrogen-bond acceptors (Lipinski definition) is 5. The molecule has 128 valence electrons. The molecule has 0 aliphatic carbocycles. The molecule has 1 amide bonds. The van der Waals surface area contributed by atoms with Crippen LogP contribution in [0, 0.1) is 11.8 Å². The molecule has 6 heteroatoms. The summed E-state index contributed by atoms with van der Waals surface area (Å²) in [6.07, 6.45) is 3.27. The number of carbonyl (C=O) groups is 1. The van der Waals surface area contributed by atoms with Gasteiger partial charge in [-0.15, -0.1) is 0 Å². The van der Waals surface area contributed by atoms with E-state index in [-0.39, 0.29) is 18.4 Å². The first-order chi connectivity index (χ1) is 11.0.